The Labute approximate surface area is 126 Å². The molecule has 0 saturated carbocycles. The molecule has 5 heteroatoms. The van der Waals surface area contributed by atoms with Crippen LogP contribution in [-0.4, -0.2) is 21.1 Å². The molecule has 20 heavy (non-hydrogen) atoms. The lowest BCUT2D eigenvalue weighted by molar-refractivity contribution is 0.525. The zero-order chi connectivity index (χ0) is 13.9. The average Bonchev–Trinajstić information content (AvgIpc) is 3.06. The van der Waals surface area contributed by atoms with E-state index in [0.717, 1.165) is 17.6 Å². The molecule has 0 spiro atoms. The maximum atomic E-state index is 4.04. The second kappa shape index (κ2) is 5.81. The Hall–Kier alpha value is -1.59. The van der Waals surface area contributed by atoms with Crippen LogP contribution < -0.4 is 5.32 Å². The minimum atomic E-state index is 0.296. The number of halogens is 1. The summed E-state index contributed by atoms with van der Waals surface area (Å²) in [5, 5.41) is 4.76. The second-order valence-corrected chi connectivity index (χ2v) is 5.85. The number of aromatic nitrogens is 3. The maximum absolute atomic E-state index is 4.04. The van der Waals surface area contributed by atoms with Crippen LogP contribution in [0.15, 0.2) is 47.5 Å². The molecule has 0 amide bonds. The third-order valence-corrected chi connectivity index (χ3v) is 3.94. The summed E-state index contributed by atoms with van der Waals surface area (Å²) in [5.41, 5.74) is 2.38. The smallest absolute Gasteiger partial charge is 0.0946 e. The molecule has 0 saturated heterocycles. The number of imidazole rings is 1. The molecular formula is C15H17BrN4. The van der Waals surface area contributed by atoms with E-state index in [1.165, 1.54) is 16.6 Å². The number of nitrogens with zero attached hydrogens (tertiary/aromatic N) is 2. The zero-order valence-corrected chi connectivity index (χ0v) is 12.9. The first-order valence-electron chi connectivity index (χ1n) is 6.69. The fraction of sp³-hybridized carbons (Fsp3) is 0.267. The minimum Gasteiger partial charge on any atom is -0.357 e. The quantitative estimate of drug-likeness (QED) is 0.751. The van der Waals surface area contributed by atoms with Crippen molar-refractivity contribution in [1.82, 2.24) is 19.9 Å². The van der Waals surface area contributed by atoms with Gasteiger partial charge >= 0.3 is 0 Å². The summed E-state index contributed by atoms with van der Waals surface area (Å²) in [6.07, 6.45) is 5.62. The van der Waals surface area contributed by atoms with E-state index in [4.69, 9.17) is 0 Å². The maximum Gasteiger partial charge on any atom is 0.0946 e. The number of rotatable bonds is 5. The first-order chi connectivity index (χ1) is 9.72. The standard InChI is InChI=1S/C15H17BrN4/c1-11(18-5-7-20-6-4-17-10-20)15-9-12-8-13(16)2-3-14(12)19-15/h2-4,6,8-11,18-19H,5,7H2,1H3/t11-/m1/s1. The lowest BCUT2D eigenvalue weighted by Gasteiger charge is -2.12. The van der Waals surface area contributed by atoms with E-state index < -0.39 is 0 Å². The molecule has 3 rings (SSSR count). The molecule has 0 unspecified atom stereocenters. The highest BCUT2D eigenvalue weighted by Crippen LogP contribution is 2.23. The molecule has 0 bridgehead atoms. The zero-order valence-electron chi connectivity index (χ0n) is 11.3. The number of hydrogen-bond donors (Lipinski definition) is 2. The van der Waals surface area contributed by atoms with Crippen molar-refractivity contribution in [1.29, 1.82) is 0 Å². The van der Waals surface area contributed by atoms with Gasteiger partial charge in [-0.25, -0.2) is 4.98 Å². The second-order valence-electron chi connectivity index (χ2n) is 4.93. The van der Waals surface area contributed by atoms with Crippen molar-refractivity contribution >= 4 is 26.8 Å². The summed E-state index contributed by atoms with van der Waals surface area (Å²) in [5.74, 6) is 0. The number of nitrogens with one attached hydrogen (secondary N) is 2. The van der Waals surface area contributed by atoms with E-state index in [9.17, 15) is 0 Å². The van der Waals surface area contributed by atoms with E-state index in [1.807, 2.05) is 12.5 Å². The summed E-state index contributed by atoms with van der Waals surface area (Å²) in [6, 6.07) is 8.79. The Morgan fingerprint density at radius 2 is 2.30 bits per heavy atom. The third kappa shape index (κ3) is 2.94. The topological polar surface area (TPSA) is 45.6 Å². The van der Waals surface area contributed by atoms with Crippen molar-refractivity contribution in [2.24, 2.45) is 0 Å². The molecule has 2 aromatic heterocycles. The van der Waals surface area contributed by atoms with Crippen molar-refractivity contribution in [3.8, 4) is 0 Å². The van der Waals surface area contributed by atoms with Crippen LogP contribution in [0.5, 0.6) is 0 Å². The molecule has 1 atom stereocenters. The van der Waals surface area contributed by atoms with Gasteiger partial charge in [-0.1, -0.05) is 15.9 Å². The molecule has 4 nitrogen and oxygen atoms in total. The Bertz CT molecular complexity index is 687. The van der Waals surface area contributed by atoms with Crippen molar-refractivity contribution in [2.75, 3.05) is 6.54 Å². The van der Waals surface area contributed by atoms with Crippen LogP contribution in [0.1, 0.15) is 18.7 Å². The number of H-pyrrole nitrogens is 1. The SMILES string of the molecule is C[C@@H](NCCn1ccnc1)c1cc2cc(Br)ccc2[nH]1. The molecule has 3 aromatic rings. The highest BCUT2D eigenvalue weighted by atomic mass is 79.9. The molecule has 2 N–H and O–H groups in total. The largest absolute Gasteiger partial charge is 0.357 e. The Morgan fingerprint density at radius 1 is 1.40 bits per heavy atom. The van der Waals surface area contributed by atoms with Gasteiger partial charge < -0.3 is 14.9 Å². The van der Waals surface area contributed by atoms with Crippen LogP contribution in [-0.2, 0) is 6.54 Å². The van der Waals surface area contributed by atoms with Crippen molar-refractivity contribution in [3.63, 3.8) is 0 Å². The highest BCUT2D eigenvalue weighted by Gasteiger charge is 2.08. The molecule has 1 aromatic carbocycles. The van der Waals surface area contributed by atoms with E-state index in [1.54, 1.807) is 6.20 Å². The van der Waals surface area contributed by atoms with Crippen molar-refractivity contribution in [3.05, 3.63) is 53.2 Å². The Morgan fingerprint density at radius 3 is 3.10 bits per heavy atom. The van der Waals surface area contributed by atoms with Crippen LogP contribution in [0, 0.1) is 0 Å². The summed E-state index contributed by atoms with van der Waals surface area (Å²) >= 11 is 3.50. The van der Waals surface area contributed by atoms with Crippen LogP contribution in [0.4, 0.5) is 0 Å². The van der Waals surface area contributed by atoms with Gasteiger partial charge in [0.15, 0.2) is 0 Å². The molecule has 0 aliphatic heterocycles. The van der Waals surface area contributed by atoms with Crippen LogP contribution in [0.2, 0.25) is 0 Å². The summed E-state index contributed by atoms with van der Waals surface area (Å²) < 4.78 is 3.18. The van der Waals surface area contributed by atoms with Crippen LogP contribution >= 0.6 is 15.9 Å². The fourth-order valence-electron chi connectivity index (χ4n) is 2.30. The number of aromatic amines is 1. The number of hydrogen-bond acceptors (Lipinski definition) is 2. The average molecular weight is 333 g/mol. The van der Waals surface area contributed by atoms with Gasteiger partial charge in [0.25, 0.3) is 0 Å². The minimum absolute atomic E-state index is 0.296. The van der Waals surface area contributed by atoms with Crippen molar-refractivity contribution < 1.29 is 0 Å². The Balaban J connectivity index is 1.64. The molecule has 0 fully saturated rings. The summed E-state index contributed by atoms with van der Waals surface area (Å²) in [4.78, 5) is 7.50. The molecule has 0 radical (unpaired) electrons. The van der Waals surface area contributed by atoms with Gasteiger partial charge in [0.1, 0.15) is 0 Å². The number of benzene rings is 1. The summed E-state index contributed by atoms with van der Waals surface area (Å²) in [7, 11) is 0. The van der Waals surface area contributed by atoms with E-state index in [0.29, 0.717) is 6.04 Å². The monoisotopic (exact) mass is 332 g/mol. The first-order valence-corrected chi connectivity index (χ1v) is 7.49. The van der Waals surface area contributed by atoms with Gasteiger partial charge in [-0.2, -0.15) is 0 Å². The van der Waals surface area contributed by atoms with E-state index in [-0.39, 0.29) is 0 Å². The Kier molecular flexibility index (Phi) is 3.89. The van der Waals surface area contributed by atoms with Gasteiger partial charge in [0.05, 0.1) is 6.33 Å². The molecule has 0 aliphatic rings. The fourth-order valence-corrected chi connectivity index (χ4v) is 2.68. The van der Waals surface area contributed by atoms with E-state index in [2.05, 4.69) is 67.0 Å². The predicted octanol–water partition coefficient (Wildman–Crippen LogP) is 3.48. The van der Waals surface area contributed by atoms with E-state index >= 15 is 0 Å². The van der Waals surface area contributed by atoms with Gasteiger partial charge in [0, 0.05) is 52.6 Å². The first kappa shape index (κ1) is 13.4. The third-order valence-electron chi connectivity index (χ3n) is 3.45. The van der Waals surface area contributed by atoms with Crippen LogP contribution in [0.25, 0.3) is 10.9 Å². The normalized spacial score (nSPS) is 12.9. The lowest BCUT2D eigenvalue weighted by atomic mass is 10.2. The molecule has 104 valence electrons. The molecular weight excluding hydrogens is 316 g/mol. The number of fused-ring (bicyclic) bond motifs is 1. The molecule has 2 heterocycles. The van der Waals surface area contributed by atoms with Gasteiger partial charge in [-0.15, -0.1) is 0 Å². The summed E-state index contributed by atoms with van der Waals surface area (Å²) in [6.45, 7) is 4.01. The molecule has 0 aliphatic carbocycles. The van der Waals surface area contributed by atoms with Gasteiger partial charge in [-0.3, -0.25) is 0 Å². The van der Waals surface area contributed by atoms with Crippen molar-refractivity contribution in [2.45, 2.75) is 19.5 Å². The predicted molar refractivity (Wildman–Crippen MR) is 84.6 cm³/mol. The lowest BCUT2D eigenvalue weighted by Crippen LogP contribution is -2.23. The van der Waals surface area contributed by atoms with Gasteiger partial charge in [0.2, 0.25) is 0 Å². The highest BCUT2D eigenvalue weighted by molar-refractivity contribution is 9.10. The van der Waals surface area contributed by atoms with Gasteiger partial charge in [-0.05, 0) is 31.2 Å². The van der Waals surface area contributed by atoms with Crippen LogP contribution in [0.3, 0.4) is 0 Å².